The van der Waals surface area contributed by atoms with E-state index in [9.17, 15) is 5.11 Å². The Morgan fingerprint density at radius 1 is 1.40 bits per heavy atom. The van der Waals surface area contributed by atoms with Gasteiger partial charge in [0.25, 0.3) is 0 Å². The van der Waals surface area contributed by atoms with Gasteiger partial charge in [0.05, 0.1) is 7.11 Å². The van der Waals surface area contributed by atoms with E-state index in [2.05, 4.69) is 17.1 Å². The molecule has 0 spiro atoms. The zero-order valence-corrected chi connectivity index (χ0v) is 12.6. The molecule has 1 aliphatic rings. The number of rotatable bonds is 6. The van der Waals surface area contributed by atoms with E-state index in [-0.39, 0.29) is 5.75 Å². The quantitative estimate of drug-likeness (QED) is 0.838. The largest absolute Gasteiger partial charge is 0.504 e. The lowest BCUT2D eigenvalue weighted by atomic mass is 10.0. The van der Waals surface area contributed by atoms with Gasteiger partial charge in [0.15, 0.2) is 11.5 Å². The van der Waals surface area contributed by atoms with Crippen LogP contribution in [0, 0.1) is 0 Å². The first kappa shape index (κ1) is 15.1. The fraction of sp³-hybridized carbons (Fsp3) is 0.625. The molecule has 0 bridgehead atoms. The van der Waals surface area contributed by atoms with Crippen LogP contribution in [-0.4, -0.2) is 42.8 Å². The number of aromatic hydroxyl groups is 1. The van der Waals surface area contributed by atoms with Gasteiger partial charge in [-0.2, -0.15) is 0 Å². The maximum Gasteiger partial charge on any atom is 0.160 e. The fourth-order valence-corrected chi connectivity index (χ4v) is 2.78. The average molecular weight is 278 g/mol. The van der Waals surface area contributed by atoms with Gasteiger partial charge < -0.3 is 15.2 Å². The molecular formula is C16H26N2O2. The minimum absolute atomic E-state index is 0.202. The maximum absolute atomic E-state index is 9.64. The Labute approximate surface area is 121 Å². The molecular weight excluding hydrogens is 252 g/mol. The van der Waals surface area contributed by atoms with Crippen molar-refractivity contribution in [3.05, 3.63) is 23.8 Å². The predicted octanol–water partition coefficient (Wildman–Crippen LogP) is 2.36. The topological polar surface area (TPSA) is 44.7 Å². The van der Waals surface area contributed by atoms with Crippen molar-refractivity contribution in [2.75, 3.05) is 26.7 Å². The number of methoxy groups -OCH3 is 1. The lowest BCUT2D eigenvalue weighted by Gasteiger charge is -2.30. The van der Waals surface area contributed by atoms with Crippen molar-refractivity contribution in [1.29, 1.82) is 0 Å². The van der Waals surface area contributed by atoms with E-state index in [1.54, 1.807) is 13.2 Å². The van der Waals surface area contributed by atoms with Gasteiger partial charge in [-0.1, -0.05) is 19.4 Å². The number of phenolic OH excluding ortho intramolecular Hbond substituents is 1. The summed E-state index contributed by atoms with van der Waals surface area (Å²) in [4.78, 5) is 2.44. The highest BCUT2D eigenvalue weighted by molar-refractivity contribution is 5.41. The Morgan fingerprint density at radius 2 is 2.25 bits per heavy atom. The number of benzene rings is 1. The van der Waals surface area contributed by atoms with E-state index >= 15 is 0 Å². The second-order valence-electron chi connectivity index (χ2n) is 5.48. The van der Waals surface area contributed by atoms with Crippen molar-refractivity contribution in [3.63, 3.8) is 0 Å². The molecule has 0 aliphatic carbocycles. The Morgan fingerprint density at radius 3 is 2.90 bits per heavy atom. The zero-order chi connectivity index (χ0) is 14.4. The zero-order valence-electron chi connectivity index (χ0n) is 12.6. The van der Waals surface area contributed by atoms with Gasteiger partial charge in [0.2, 0.25) is 0 Å². The number of ether oxygens (including phenoxy) is 1. The number of likely N-dealkylation sites (N-methyl/N-ethyl adjacent to an activating group) is 1. The highest BCUT2D eigenvalue weighted by atomic mass is 16.5. The fourth-order valence-electron chi connectivity index (χ4n) is 2.78. The SMILES string of the molecule is CCN(Cc1ccc(O)c(OC)c1)CC1CCCCN1. The van der Waals surface area contributed by atoms with Gasteiger partial charge in [-0.05, 0) is 43.6 Å². The van der Waals surface area contributed by atoms with Crippen LogP contribution in [0.15, 0.2) is 18.2 Å². The molecule has 0 amide bonds. The minimum atomic E-state index is 0.202. The standard InChI is InChI=1S/C16H26N2O2/c1-3-18(12-14-6-4-5-9-17-14)11-13-7-8-15(19)16(10-13)20-2/h7-8,10,14,17,19H,3-6,9,11-12H2,1-2H3. The summed E-state index contributed by atoms with van der Waals surface area (Å²) < 4.78 is 5.17. The van der Waals surface area contributed by atoms with Crippen LogP contribution in [-0.2, 0) is 6.54 Å². The van der Waals surface area contributed by atoms with E-state index in [4.69, 9.17) is 4.74 Å². The summed E-state index contributed by atoms with van der Waals surface area (Å²) in [6, 6.07) is 6.21. The highest BCUT2D eigenvalue weighted by Gasteiger charge is 2.16. The first-order valence-corrected chi connectivity index (χ1v) is 7.54. The number of phenols is 1. The van der Waals surface area contributed by atoms with E-state index in [1.807, 2.05) is 12.1 Å². The first-order valence-electron chi connectivity index (χ1n) is 7.54. The average Bonchev–Trinajstić information content (AvgIpc) is 2.49. The van der Waals surface area contributed by atoms with E-state index in [0.717, 1.165) is 26.2 Å². The van der Waals surface area contributed by atoms with Crippen molar-refractivity contribution in [2.45, 2.75) is 38.8 Å². The molecule has 1 aromatic carbocycles. The third-order valence-corrected chi connectivity index (χ3v) is 3.99. The lowest BCUT2D eigenvalue weighted by Crippen LogP contribution is -2.43. The van der Waals surface area contributed by atoms with Gasteiger partial charge >= 0.3 is 0 Å². The number of hydrogen-bond acceptors (Lipinski definition) is 4. The summed E-state index contributed by atoms with van der Waals surface area (Å²) in [6.07, 6.45) is 3.91. The van der Waals surface area contributed by atoms with Crippen LogP contribution in [0.2, 0.25) is 0 Å². The maximum atomic E-state index is 9.64. The summed E-state index contributed by atoms with van der Waals surface area (Å²) in [5.41, 5.74) is 1.18. The van der Waals surface area contributed by atoms with Gasteiger partial charge in [-0.25, -0.2) is 0 Å². The number of hydrogen-bond donors (Lipinski definition) is 2. The Bertz CT molecular complexity index is 417. The molecule has 1 aromatic rings. The summed E-state index contributed by atoms with van der Waals surface area (Å²) in [5, 5.41) is 13.2. The summed E-state index contributed by atoms with van der Waals surface area (Å²) in [5.74, 6) is 0.752. The van der Waals surface area contributed by atoms with Crippen molar-refractivity contribution < 1.29 is 9.84 Å². The molecule has 20 heavy (non-hydrogen) atoms. The molecule has 4 nitrogen and oxygen atoms in total. The van der Waals surface area contributed by atoms with Crippen LogP contribution in [0.25, 0.3) is 0 Å². The highest BCUT2D eigenvalue weighted by Crippen LogP contribution is 2.26. The number of nitrogens with zero attached hydrogens (tertiary/aromatic N) is 1. The lowest BCUT2D eigenvalue weighted by molar-refractivity contribution is 0.226. The van der Waals surface area contributed by atoms with Gasteiger partial charge in [-0.15, -0.1) is 0 Å². The molecule has 0 radical (unpaired) electrons. The second kappa shape index (κ2) is 7.50. The Hall–Kier alpha value is -1.26. The second-order valence-corrected chi connectivity index (χ2v) is 5.48. The van der Waals surface area contributed by atoms with Crippen molar-refractivity contribution >= 4 is 0 Å². The molecule has 1 saturated heterocycles. The minimum Gasteiger partial charge on any atom is -0.504 e. The Kier molecular flexibility index (Phi) is 5.68. The van der Waals surface area contributed by atoms with Crippen LogP contribution in [0.5, 0.6) is 11.5 Å². The molecule has 1 fully saturated rings. The summed E-state index contributed by atoms with van der Waals surface area (Å²) in [6.45, 7) is 6.35. The molecule has 2 N–H and O–H groups in total. The Balaban J connectivity index is 1.94. The third-order valence-electron chi connectivity index (χ3n) is 3.99. The van der Waals surface area contributed by atoms with Crippen molar-refractivity contribution in [2.24, 2.45) is 0 Å². The third kappa shape index (κ3) is 4.12. The van der Waals surface area contributed by atoms with Gasteiger partial charge in [0.1, 0.15) is 0 Å². The van der Waals surface area contributed by atoms with Crippen molar-refractivity contribution in [3.8, 4) is 11.5 Å². The van der Waals surface area contributed by atoms with Crippen molar-refractivity contribution in [1.82, 2.24) is 10.2 Å². The molecule has 1 atom stereocenters. The number of piperidine rings is 1. The van der Waals surface area contributed by atoms with Gasteiger partial charge in [-0.3, -0.25) is 4.90 Å². The van der Waals surface area contributed by atoms with Crippen LogP contribution in [0.4, 0.5) is 0 Å². The van der Waals surface area contributed by atoms with E-state index in [0.29, 0.717) is 11.8 Å². The molecule has 1 unspecified atom stereocenters. The summed E-state index contributed by atoms with van der Waals surface area (Å²) in [7, 11) is 1.59. The molecule has 0 aromatic heterocycles. The monoisotopic (exact) mass is 278 g/mol. The van der Waals surface area contributed by atoms with Crippen LogP contribution < -0.4 is 10.1 Å². The van der Waals surface area contributed by atoms with Crippen LogP contribution in [0.1, 0.15) is 31.7 Å². The molecule has 1 heterocycles. The molecule has 4 heteroatoms. The predicted molar refractivity (Wildman–Crippen MR) is 81.3 cm³/mol. The molecule has 0 saturated carbocycles. The van der Waals surface area contributed by atoms with E-state index in [1.165, 1.54) is 24.8 Å². The first-order chi connectivity index (χ1) is 9.72. The molecule has 2 rings (SSSR count). The van der Waals surface area contributed by atoms with Crippen LogP contribution >= 0.6 is 0 Å². The van der Waals surface area contributed by atoms with Gasteiger partial charge in [0, 0.05) is 19.1 Å². The van der Waals surface area contributed by atoms with E-state index < -0.39 is 0 Å². The smallest absolute Gasteiger partial charge is 0.160 e. The molecule has 1 aliphatic heterocycles. The number of nitrogens with one attached hydrogen (secondary N) is 1. The normalized spacial score (nSPS) is 19.2. The molecule has 112 valence electrons. The summed E-state index contributed by atoms with van der Waals surface area (Å²) >= 11 is 0. The van der Waals surface area contributed by atoms with Crippen LogP contribution in [0.3, 0.4) is 0 Å².